The first-order chi connectivity index (χ1) is 6.92. The SMILES string of the molecule is CCC(CC)S(=O)(=O)NC(=O)[C@@H]1C[C@H]1C. The third-order valence-corrected chi connectivity index (χ3v) is 5.07. The van der Waals surface area contributed by atoms with Gasteiger partial charge in [-0.05, 0) is 25.2 Å². The number of carbonyl (C=O) groups excluding carboxylic acids is 1. The van der Waals surface area contributed by atoms with E-state index in [1.165, 1.54) is 0 Å². The predicted molar refractivity (Wildman–Crippen MR) is 58.7 cm³/mol. The van der Waals surface area contributed by atoms with Crippen LogP contribution in [0.25, 0.3) is 0 Å². The summed E-state index contributed by atoms with van der Waals surface area (Å²) in [5, 5.41) is -0.449. The van der Waals surface area contributed by atoms with Crippen molar-refractivity contribution in [3.05, 3.63) is 0 Å². The number of nitrogens with one attached hydrogen (secondary N) is 1. The first-order valence-electron chi connectivity index (χ1n) is 5.47. The van der Waals surface area contributed by atoms with Gasteiger partial charge in [-0.25, -0.2) is 8.42 Å². The molecule has 1 N–H and O–H groups in total. The molecule has 0 spiro atoms. The Hall–Kier alpha value is -0.580. The van der Waals surface area contributed by atoms with Gasteiger partial charge in [-0.1, -0.05) is 20.8 Å². The lowest BCUT2D eigenvalue weighted by Gasteiger charge is -2.14. The van der Waals surface area contributed by atoms with Gasteiger partial charge in [0.2, 0.25) is 15.9 Å². The highest BCUT2D eigenvalue weighted by molar-refractivity contribution is 7.90. The number of rotatable bonds is 5. The molecule has 0 aliphatic heterocycles. The van der Waals surface area contributed by atoms with Crippen LogP contribution < -0.4 is 4.72 Å². The molecule has 5 heteroatoms. The Labute approximate surface area is 91.5 Å². The summed E-state index contributed by atoms with van der Waals surface area (Å²) < 4.78 is 25.6. The van der Waals surface area contributed by atoms with Crippen LogP contribution in [0.4, 0.5) is 0 Å². The summed E-state index contributed by atoms with van der Waals surface area (Å²) in [6.07, 6.45) is 1.89. The molecule has 1 rings (SSSR count). The molecule has 0 heterocycles. The van der Waals surface area contributed by atoms with Crippen LogP contribution in [0.5, 0.6) is 0 Å². The fourth-order valence-electron chi connectivity index (χ4n) is 1.71. The zero-order valence-corrected chi connectivity index (χ0v) is 10.3. The van der Waals surface area contributed by atoms with Crippen molar-refractivity contribution in [1.29, 1.82) is 0 Å². The maximum absolute atomic E-state index is 11.7. The van der Waals surface area contributed by atoms with Crippen molar-refractivity contribution in [1.82, 2.24) is 4.72 Å². The fraction of sp³-hybridized carbons (Fsp3) is 0.900. The highest BCUT2D eigenvalue weighted by Crippen LogP contribution is 2.37. The molecule has 0 saturated heterocycles. The quantitative estimate of drug-likeness (QED) is 0.778. The van der Waals surface area contributed by atoms with Crippen molar-refractivity contribution in [3.8, 4) is 0 Å². The molecule has 88 valence electrons. The minimum Gasteiger partial charge on any atom is -0.274 e. The molecule has 4 nitrogen and oxygen atoms in total. The van der Waals surface area contributed by atoms with Crippen molar-refractivity contribution >= 4 is 15.9 Å². The number of hydrogen-bond donors (Lipinski definition) is 1. The van der Waals surface area contributed by atoms with Crippen LogP contribution >= 0.6 is 0 Å². The van der Waals surface area contributed by atoms with Crippen LogP contribution in [0, 0.1) is 11.8 Å². The van der Waals surface area contributed by atoms with Crippen LogP contribution in [0.2, 0.25) is 0 Å². The van der Waals surface area contributed by atoms with E-state index in [0.29, 0.717) is 18.8 Å². The van der Waals surface area contributed by atoms with Crippen molar-refractivity contribution in [2.45, 2.75) is 45.3 Å². The Bertz CT molecular complexity index is 333. The maximum Gasteiger partial charge on any atom is 0.237 e. The molecule has 1 amide bonds. The third kappa shape index (κ3) is 2.93. The highest BCUT2D eigenvalue weighted by Gasteiger charge is 2.41. The lowest BCUT2D eigenvalue weighted by Crippen LogP contribution is -2.38. The maximum atomic E-state index is 11.7. The molecule has 0 aromatic carbocycles. The third-order valence-electron chi connectivity index (χ3n) is 3.04. The second-order valence-electron chi connectivity index (χ2n) is 4.27. The van der Waals surface area contributed by atoms with Crippen LogP contribution in [0.3, 0.4) is 0 Å². The van der Waals surface area contributed by atoms with E-state index in [-0.39, 0.29) is 11.8 Å². The molecule has 1 saturated carbocycles. The summed E-state index contributed by atoms with van der Waals surface area (Å²) in [5.74, 6) is -0.0783. The molecule has 0 radical (unpaired) electrons. The fourth-order valence-corrected chi connectivity index (χ4v) is 3.19. The number of amides is 1. The zero-order valence-electron chi connectivity index (χ0n) is 9.49. The Kier molecular flexibility index (Phi) is 3.76. The van der Waals surface area contributed by atoms with Crippen molar-refractivity contribution in [2.75, 3.05) is 0 Å². The van der Waals surface area contributed by atoms with Crippen LogP contribution in [0.15, 0.2) is 0 Å². The predicted octanol–water partition coefficient (Wildman–Crippen LogP) is 1.28. The van der Waals surface area contributed by atoms with E-state index in [1.807, 2.05) is 20.8 Å². The Morgan fingerprint density at radius 3 is 2.20 bits per heavy atom. The van der Waals surface area contributed by atoms with Gasteiger partial charge < -0.3 is 0 Å². The van der Waals surface area contributed by atoms with Gasteiger partial charge in [0.25, 0.3) is 0 Å². The molecular formula is C10H19NO3S. The Morgan fingerprint density at radius 2 is 1.87 bits per heavy atom. The smallest absolute Gasteiger partial charge is 0.237 e. The molecule has 1 aliphatic rings. The summed E-state index contributed by atoms with van der Waals surface area (Å²) in [5.41, 5.74) is 0. The van der Waals surface area contributed by atoms with Gasteiger partial charge in [-0.15, -0.1) is 0 Å². The van der Waals surface area contributed by atoms with Crippen LogP contribution in [0.1, 0.15) is 40.0 Å². The molecule has 2 atom stereocenters. The van der Waals surface area contributed by atoms with Crippen LogP contribution in [-0.2, 0) is 14.8 Å². The summed E-state index contributed by atoms with van der Waals surface area (Å²) in [7, 11) is -3.45. The number of sulfonamides is 1. The van der Waals surface area contributed by atoms with E-state index >= 15 is 0 Å². The lowest BCUT2D eigenvalue weighted by molar-refractivity contribution is -0.120. The minimum absolute atomic E-state index is 0.0888. The summed E-state index contributed by atoms with van der Waals surface area (Å²) in [6.45, 7) is 5.59. The van der Waals surface area contributed by atoms with Gasteiger partial charge in [0.15, 0.2) is 0 Å². The van der Waals surface area contributed by atoms with E-state index in [9.17, 15) is 13.2 Å². The molecule has 15 heavy (non-hydrogen) atoms. The standard InChI is InChI=1S/C10H19NO3S/c1-4-8(5-2)15(13,14)11-10(12)9-6-7(9)3/h7-9H,4-6H2,1-3H3,(H,11,12)/t7-,9-/m1/s1. The normalized spacial score (nSPS) is 25.3. The summed E-state index contributed by atoms with van der Waals surface area (Å²) >= 11 is 0. The highest BCUT2D eigenvalue weighted by atomic mass is 32.2. The molecule has 0 unspecified atom stereocenters. The first-order valence-corrected chi connectivity index (χ1v) is 7.02. The number of carbonyl (C=O) groups is 1. The minimum atomic E-state index is -3.45. The van der Waals surface area contributed by atoms with Crippen LogP contribution in [-0.4, -0.2) is 19.6 Å². The molecule has 1 fully saturated rings. The summed E-state index contributed by atoms with van der Waals surface area (Å²) in [4.78, 5) is 11.5. The monoisotopic (exact) mass is 233 g/mol. The summed E-state index contributed by atoms with van der Waals surface area (Å²) in [6, 6.07) is 0. The topological polar surface area (TPSA) is 63.2 Å². The second kappa shape index (κ2) is 4.51. The van der Waals surface area contributed by atoms with E-state index in [0.717, 1.165) is 6.42 Å². The van der Waals surface area contributed by atoms with Gasteiger partial charge in [-0.3, -0.25) is 9.52 Å². The van der Waals surface area contributed by atoms with Crippen molar-refractivity contribution in [3.63, 3.8) is 0 Å². The van der Waals surface area contributed by atoms with E-state index in [4.69, 9.17) is 0 Å². The lowest BCUT2D eigenvalue weighted by atomic mass is 10.3. The second-order valence-corrected chi connectivity index (χ2v) is 6.23. The Morgan fingerprint density at radius 1 is 1.40 bits per heavy atom. The number of hydrogen-bond acceptors (Lipinski definition) is 3. The van der Waals surface area contributed by atoms with Gasteiger partial charge in [0, 0.05) is 5.92 Å². The van der Waals surface area contributed by atoms with E-state index in [1.54, 1.807) is 0 Å². The molecule has 1 aliphatic carbocycles. The van der Waals surface area contributed by atoms with Crippen molar-refractivity contribution in [2.24, 2.45) is 11.8 Å². The Balaban J connectivity index is 2.59. The van der Waals surface area contributed by atoms with E-state index < -0.39 is 15.3 Å². The van der Waals surface area contributed by atoms with E-state index in [2.05, 4.69) is 4.72 Å². The largest absolute Gasteiger partial charge is 0.274 e. The molecule has 0 aromatic heterocycles. The van der Waals surface area contributed by atoms with Gasteiger partial charge in [0.1, 0.15) is 0 Å². The zero-order chi connectivity index (χ0) is 11.6. The van der Waals surface area contributed by atoms with Crippen molar-refractivity contribution < 1.29 is 13.2 Å². The average molecular weight is 233 g/mol. The molecule has 0 bridgehead atoms. The first kappa shape index (κ1) is 12.5. The van der Waals surface area contributed by atoms with Gasteiger partial charge >= 0.3 is 0 Å². The average Bonchev–Trinajstić information content (AvgIpc) is 2.83. The molecular weight excluding hydrogens is 214 g/mol. The molecule has 0 aromatic rings. The van der Waals surface area contributed by atoms with Gasteiger partial charge in [-0.2, -0.15) is 0 Å². The van der Waals surface area contributed by atoms with Gasteiger partial charge in [0.05, 0.1) is 5.25 Å².